The van der Waals surface area contributed by atoms with Crippen LogP contribution in [-0.2, 0) is 0 Å². The number of hydrogen-bond acceptors (Lipinski definition) is 12. The van der Waals surface area contributed by atoms with Crippen LogP contribution in [0.1, 0.15) is 0 Å². The maximum atomic E-state index is 5.52. The van der Waals surface area contributed by atoms with Crippen molar-refractivity contribution in [3.05, 3.63) is 486 Å². The van der Waals surface area contributed by atoms with Gasteiger partial charge < -0.3 is 28.9 Å². The van der Waals surface area contributed by atoms with Crippen LogP contribution in [0.25, 0.3) is 107 Å². The molecule has 0 radical (unpaired) electrons. The third kappa shape index (κ3) is 11.7. The molecule has 12 heterocycles. The summed E-state index contributed by atoms with van der Waals surface area (Å²) in [6, 6.07) is 173. The number of hydrogen-bond donors (Lipinski definition) is 0. The third-order valence-electron chi connectivity index (χ3n) is 29.2. The molecule has 0 aliphatic carbocycles. The van der Waals surface area contributed by atoms with Crippen LogP contribution in [-0.4, -0.2) is 68.3 Å². The first-order chi connectivity index (χ1) is 69.5. The van der Waals surface area contributed by atoms with Crippen molar-refractivity contribution in [3.63, 3.8) is 0 Å². The summed E-state index contributed by atoms with van der Waals surface area (Å²) in [6.07, 6.45) is 4.09. The second-order valence-electron chi connectivity index (χ2n) is 36.4. The molecule has 656 valence electrons. The quantitative estimate of drug-likeness (QED) is 0.0775. The SMILES string of the molecule is c1ccc(N2B3N(c4cccc([Si](c5ccccc5)(c5ccccc5)c5nccc6c5sc5ccccc56)c4)c4ccc(-n5c6ccccc6n6c7ccccc7nc56)cc4N3c3ccccc32)cc1.c1ccc(N2B3N(c4cccc([Si](c5ccccc5)(c5ccccc5)c5nccc6c5sc5ccccc56)c4)c4ccccc4N3c3cc(-n4c5ccccc5n5c6ccccc6nc45)ccc32)cc1. The minimum Gasteiger partial charge on any atom is -0.344 e. The van der Waals surface area contributed by atoms with Gasteiger partial charge in [-0.15, -0.1) is 22.7 Å². The number of anilines is 12. The van der Waals surface area contributed by atoms with Gasteiger partial charge in [-0.25, -0.2) is 9.97 Å². The first-order valence-corrected chi connectivity index (χ1v) is 53.2. The van der Waals surface area contributed by atoms with Crippen molar-refractivity contribution in [1.29, 1.82) is 0 Å². The fourth-order valence-electron chi connectivity index (χ4n) is 23.5. The molecule has 0 bridgehead atoms. The molecule has 0 atom stereocenters. The van der Waals surface area contributed by atoms with Gasteiger partial charge in [0, 0.05) is 66.1 Å². The largest absolute Gasteiger partial charge is 0.519 e. The van der Waals surface area contributed by atoms with E-state index in [1.165, 1.54) is 71.5 Å². The summed E-state index contributed by atoms with van der Waals surface area (Å²) in [6.45, 7) is 0. The average molecular weight is 1860 g/mol. The smallest absolute Gasteiger partial charge is 0.344 e. The summed E-state index contributed by atoms with van der Waals surface area (Å²) in [5.41, 5.74) is 24.3. The van der Waals surface area contributed by atoms with Gasteiger partial charge in [0.15, 0.2) is 0 Å². The van der Waals surface area contributed by atoms with Crippen LogP contribution < -0.4 is 70.6 Å². The zero-order valence-corrected chi connectivity index (χ0v) is 79.1. The fourth-order valence-corrected chi connectivity index (χ4v) is 36.2. The number of fused-ring (bicyclic) bond motifs is 26. The Kier molecular flexibility index (Phi) is 18.0. The maximum absolute atomic E-state index is 5.52. The molecule has 8 aromatic heterocycles. The van der Waals surface area contributed by atoms with E-state index in [0.717, 1.165) is 146 Å². The van der Waals surface area contributed by atoms with Gasteiger partial charge in [0.2, 0.25) is 27.7 Å². The topological polar surface area (TPSA) is 89.7 Å². The van der Waals surface area contributed by atoms with Crippen molar-refractivity contribution in [2.75, 3.05) is 28.9 Å². The molecule has 0 amide bonds. The molecule has 30 rings (SSSR count). The number of nitrogens with zero attached hydrogens (tertiary/aromatic N) is 14. The van der Waals surface area contributed by atoms with Crippen LogP contribution in [0.4, 0.5) is 68.2 Å². The summed E-state index contributed by atoms with van der Waals surface area (Å²) < 4.78 is 14.3. The van der Waals surface area contributed by atoms with Crippen LogP contribution in [0.3, 0.4) is 0 Å². The molecular weight excluding hydrogens is 1780 g/mol. The molecule has 14 nitrogen and oxygen atoms in total. The summed E-state index contributed by atoms with van der Waals surface area (Å²) >= 11 is 3.73. The Hall–Kier alpha value is -17.4. The second-order valence-corrected chi connectivity index (χ2v) is 45.9. The Balaban J connectivity index is 0.000000134. The lowest BCUT2D eigenvalue weighted by molar-refractivity contribution is 1.11. The Labute approximate surface area is 816 Å². The number of thiophene rings is 2. The van der Waals surface area contributed by atoms with Crippen molar-refractivity contribution < 1.29 is 0 Å². The Bertz CT molecular complexity index is 9390. The van der Waals surface area contributed by atoms with E-state index < -0.39 is 16.1 Å². The van der Waals surface area contributed by atoms with Gasteiger partial charge in [0.1, 0.15) is 0 Å². The van der Waals surface area contributed by atoms with Gasteiger partial charge in [-0.2, -0.15) is 0 Å². The van der Waals surface area contributed by atoms with Gasteiger partial charge in [-0.3, -0.25) is 27.9 Å². The van der Waals surface area contributed by atoms with Crippen LogP contribution in [0, 0.1) is 0 Å². The van der Waals surface area contributed by atoms with E-state index in [2.05, 4.69) is 520 Å². The zero-order valence-electron chi connectivity index (χ0n) is 75.4. The second kappa shape index (κ2) is 31.6. The van der Waals surface area contributed by atoms with Gasteiger partial charge in [-0.1, -0.05) is 291 Å². The van der Waals surface area contributed by atoms with Gasteiger partial charge in [0.05, 0.1) is 121 Å². The highest BCUT2D eigenvalue weighted by Gasteiger charge is 2.57. The molecule has 0 spiro atoms. The summed E-state index contributed by atoms with van der Waals surface area (Å²) in [5, 5.41) is 15.1. The van der Waals surface area contributed by atoms with E-state index in [4.69, 9.17) is 19.9 Å². The van der Waals surface area contributed by atoms with Crippen molar-refractivity contribution in [2.45, 2.75) is 0 Å². The lowest BCUT2D eigenvalue weighted by Crippen LogP contribution is -2.75. The molecule has 18 aromatic carbocycles. The van der Waals surface area contributed by atoms with Crippen molar-refractivity contribution in [3.8, 4) is 11.4 Å². The number of benzene rings is 18. The standard InChI is InChI=1S/2C60H40BN7SSi/c1-4-19-41(20-5-1)66-55-36-35-42(64-51-30-13-14-31-52(51)65-50-29-12-11-28-49(50)63-60(64)65)40-56(55)68-54-33-16-15-32-53(54)67(61(66)68)43-21-18-26-46(39-43)70(44-22-6-2-7-23-44,45-24-8-3-9-25-45)59-58-48(37-38-62-59)47-27-10-17-34-57(47)69-58;1-4-19-41(20-5-1)66-53-32-15-16-33-54(53)68-56-40-42(64-51-30-13-14-31-52(51)65-50-29-12-11-28-49(50)63-60(64)65)35-36-55(56)67(61(66)68)43-21-18-26-46(39-43)70(44-22-6-2-7-23-44,45-24-8-3-9-25-45)59-58-48(37-38-62-59)47-27-10-17-34-57(47)69-58/h2*1-40H. The molecule has 0 unspecified atom stereocenters. The Morgan fingerprint density at radius 3 is 0.900 bits per heavy atom. The first kappa shape index (κ1) is 79.9. The molecule has 0 N–H and O–H groups in total. The van der Waals surface area contributed by atoms with E-state index in [1.54, 1.807) is 0 Å². The molecule has 26 aromatic rings. The highest BCUT2D eigenvalue weighted by molar-refractivity contribution is 7.31. The highest BCUT2D eigenvalue weighted by atomic mass is 32.1. The molecule has 4 aliphatic heterocycles. The van der Waals surface area contributed by atoms with Crippen LogP contribution in [0.5, 0.6) is 0 Å². The Morgan fingerprint density at radius 1 is 0.207 bits per heavy atom. The normalized spacial score (nSPS) is 13.3. The summed E-state index contributed by atoms with van der Waals surface area (Å²) in [7, 11) is -6.82. The molecule has 0 fully saturated rings. The van der Waals surface area contributed by atoms with Crippen LogP contribution in [0.2, 0.25) is 0 Å². The number of pyridine rings is 2. The molecular formula is C120H80B2N14S2Si2. The lowest BCUT2D eigenvalue weighted by atomic mass is 9.86. The van der Waals surface area contributed by atoms with E-state index in [-0.39, 0.29) is 14.2 Å². The molecule has 20 heteroatoms. The average Bonchev–Trinajstić information content (AvgIpc) is 1.50. The van der Waals surface area contributed by atoms with Crippen molar-refractivity contribution in [1.82, 2.24) is 37.9 Å². The van der Waals surface area contributed by atoms with Crippen molar-refractivity contribution >= 4 is 259 Å². The third-order valence-corrected chi connectivity index (χ3v) is 41.3. The van der Waals surface area contributed by atoms with Crippen LogP contribution >= 0.6 is 22.7 Å². The van der Waals surface area contributed by atoms with E-state index in [9.17, 15) is 0 Å². The monoisotopic (exact) mass is 1860 g/mol. The number of rotatable bonds is 14. The Morgan fingerprint density at radius 2 is 0.507 bits per heavy atom. The van der Waals surface area contributed by atoms with Gasteiger partial charge in [-0.05, 0) is 213 Å². The minimum atomic E-state index is -3.16. The predicted octanol–water partition coefficient (Wildman–Crippen LogP) is 24.0. The molecule has 0 saturated heterocycles. The molecule has 0 saturated carbocycles. The minimum absolute atomic E-state index is 0.260. The van der Waals surface area contributed by atoms with Crippen molar-refractivity contribution in [2.24, 2.45) is 0 Å². The zero-order chi connectivity index (χ0) is 91.8. The summed E-state index contributed by atoms with van der Waals surface area (Å²) in [4.78, 5) is 36.8. The van der Waals surface area contributed by atoms with E-state index >= 15 is 0 Å². The highest BCUT2D eigenvalue weighted by Crippen LogP contribution is 2.59. The van der Waals surface area contributed by atoms with E-state index in [1.807, 2.05) is 35.1 Å². The predicted molar refractivity (Wildman–Crippen MR) is 591 cm³/mol. The van der Waals surface area contributed by atoms with Crippen LogP contribution in [0.15, 0.2) is 486 Å². The molecule has 4 aliphatic rings. The first-order valence-electron chi connectivity index (χ1n) is 47.5. The van der Waals surface area contributed by atoms with Gasteiger partial charge in [0.25, 0.3) is 0 Å². The molecule has 140 heavy (non-hydrogen) atoms. The van der Waals surface area contributed by atoms with E-state index in [0.29, 0.717) is 0 Å². The number of aromatic nitrogens is 8. The number of para-hydroxylation sites is 14. The lowest BCUT2D eigenvalue weighted by Gasteiger charge is -2.35. The fraction of sp³-hybridized carbons (Fsp3) is 0. The number of imidazole rings is 4. The van der Waals surface area contributed by atoms with Gasteiger partial charge >= 0.3 is 14.2 Å². The maximum Gasteiger partial charge on any atom is 0.519 e. The summed E-state index contributed by atoms with van der Waals surface area (Å²) in [5.74, 6) is 1.78.